The molecule has 1 aromatic carbocycles. The molecule has 0 spiro atoms. The smallest absolute Gasteiger partial charge is 0.337 e. The lowest BCUT2D eigenvalue weighted by molar-refractivity contribution is -0.143. The highest BCUT2D eigenvalue weighted by molar-refractivity contribution is 6.39. The van der Waals surface area contributed by atoms with E-state index in [0.29, 0.717) is 24.3 Å². The third-order valence-electron chi connectivity index (χ3n) is 3.40. The molecule has 0 aromatic heterocycles. The van der Waals surface area contributed by atoms with Crippen molar-refractivity contribution in [2.24, 2.45) is 0 Å². The van der Waals surface area contributed by atoms with Gasteiger partial charge in [0.1, 0.15) is 0 Å². The number of anilines is 1. The maximum atomic E-state index is 12.0. The van der Waals surface area contributed by atoms with Crippen LogP contribution in [0.3, 0.4) is 0 Å². The van der Waals surface area contributed by atoms with Crippen molar-refractivity contribution >= 4 is 23.5 Å². The van der Waals surface area contributed by atoms with Crippen LogP contribution < -0.4 is 5.32 Å². The zero-order valence-corrected chi connectivity index (χ0v) is 11.9. The van der Waals surface area contributed by atoms with Crippen molar-refractivity contribution in [1.82, 2.24) is 4.90 Å². The second-order valence-corrected chi connectivity index (χ2v) is 4.88. The molecule has 1 fully saturated rings. The number of hydrogen-bond donors (Lipinski definition) is 1. The summed E-state index contributed by atoms with van der Waals surface area (Å²) >= 11 is 0. The van der Waals surface area contributed by atoms with Crippen molar-refractivity contribution in [3.63, 3.8) is 0 Å². The molecule has 1 aliphatic heterocycles. The Morgan fingerprint density at radius 1 is 1.05 bits per heavy atom. The molecule has 1 aromatic rings. The van der Waals surface area contributed by atoms with Gasteiger partial charge in [0, 0.05) is 18.8 Å². The topological polar surface area (TPSA) is 75.7 Å². The number of rotatable bonds is 2. The molecule has 1 heterocycles. The summed E-state index contributed by atoms with van der Waals surface area (Å²) in [6.45, 7) is 1.26. The van der Waals surface area contributed by atoms with Gasteiger partial charge in [-0.1, -0.05) is 0 Å². The summed E-state index contributed by atoms with van der Waals surface area (Å²) in [6.07, 6.45) is 2.97. The Kier molecular flexibility index (Phi) is 4.92. The monoisotopic (exact) mass is 290 g/mol. The van der Waals surface area contributed by atoms with Crippen LogP contribution in [0.15, 0.2) is 24.3 Å². The van der Waals surface area contributed by atoms with Gasteiger partial charge in [0.15, 0.2) is 0 Å². The molecule has 2 rings (SSSR count). The molecule has 0 aliphatic carbocycles. The average molecular weight is 290 g/mol. The molecule has 2 amide bonds. The van der Waals surface area contributed by atoms with Gasteiger partial charge in [0.05, 0.1) is 12.7 Å². The van der Waals surface area contributed by atoms with Gasteiger partial charge in [-0.15, -0.1) is 0 Å². The Balaban J connectivity index is 1.95. The molecule has 6 nitrogen and oxygen atoms in total. The van der Waals surface area contributed by atoms with E-state index in [1.54, 1.807) is 17.0 Å². The Morgan fingerprint density at radius 3 is 2.24 bits per heavy atom. The van der Waals surface area contributed by atoms with Crippen LogP contribution in [-0.4, -0.2) is 42.9 Å². The summed E-state index contributed by atoms with van der Waals surface area (Å²) in [6, 6.07) is 6.20. The van der Waals surface area contributed by atoms with E-state index in [1.165, 1.54) is 19.2 Å². The fourth-order valence-corrected chi connectivity index (χ4v) is 2.23. The molecule has 0 saturated carbocycles. The first-order chi connectivity index (χ1) is 10.1. The zero-order chi connectivity index (χ0) is 15.2. The fraction of sp³-hybridized carbons (Fsp3) is 0.400. The van der Waals surface area contributed by atoms with Crippen LogP contribution in [0.2, 0.25) is 0 Å². The number of hydrogen-bond acceptors (Lipinski definition) is 4. The maximum absolute atomic E-state index is 12.0. The highest BCUT2D eigenvalue weighted by Crippen LogP contribution is 2.12. The van der Waals surface area contributed by atoms with E-state index < -0.39 is 17.8 Å². The van der Waals surface area contributed by atoms with E-state index in [0.717, 1.165) is 19.3 Å². The molecule has 1 saturated heterocycles. The van der Waals surface area contributed by atoms with Gasteiger partial charge in [0.25, 0.3) is 0 Å². The van der Waals surface area contributed by atoms with E-state index in [9.17, 15) is 14.4 Å². The lowest BCUT2D eigenvalue weighted by atomic mass is 10.1. The number of ether oxygens (including phenoxy) is 1. The predicted molar refractivity (Wildman–Crippen MR) is 76.8 cm³/mol. The van der Waals surface area contributed by atoms with Crippen molar-refractivity contribution in [3.8, 4) is 0 Å². The molecule has 1 N–H and O–H groups in total. The highest BCUT2D eigenvalue weighted by Gasteiger charge is 2.23. The van der Waals surface area contributed by atoms with E-state index in [1.807, 2.05) is 0 Å². The Morgan fingerprint density at radius 2 is 1.67 bits per heavy atom. The highest BCUT2D eigenvalue weighted by atomic mass is 16.5. The van der Waals surface area contributed by atoms with E-state index >= 15 is 0 Å². The number of benzene rings is 1. The molecule has 6 heteroatoms. The minimum atomic E-state index is -0.650. The van der Waals surface area contributed by atoms with Crippen molar-refractivity contribution < 1.29 is 19.1 Å². The predicted octanol–water partition coefficient (Wildman–Crippen LogP) is 1.42. The van der Waals surface area contributed by atoms with E-state index in [2.05, 4.69) is 10.1 Å². The second-order valence-electron chi connectivity index (χ2n) is 4.88. The quantitative estimate of drug-likeness (QED) is 0.660. The number of methoxy groups -OCH3 is 1. The van der Waals surface area contributed by atoms with Crippen molar-refractivity contribution in [3.05, 3.63) is 29.8 Å². The van der Waals surface area contributed by atoms with Gasteiger partial charge in [-0.3, -0.25) is 9.59 Å². The first kappa shape index (κ1) is 15.0. The summed E-state index contributed by atoms with van der Waals surface area (Å²) in [4.78, 5) is 36.7. The van der Waals surface area contributed by atoms with Crippen molar-refractivity contribution in [2.45, 2.75) is 19.3 Å². The molecule has 0 atom stereocenters. The minimum Gasteiger partial charge on any atom is -0.465 e. The molecule has 21 heavy (non-hydrogen) atoms. The van der Waals surface area contributed by atoms with E-state index in [4.69, 9.17) is 0 Å². The maximum Gasteiger partial charge on any atom is 0.337 e. The first-order valence-corrected chi connectivity index (χ1v) is 6.90. The van der Waals surface area contributed by atoms with Crippen LogP contribution in [0, 0.1) is 0 Å². The second kappa shape index (κ2) is 6.88. The molecule has 112 valence electrons. The molecule has 1 aliphatic rings. The fourth-order valence-electron chi connectivity index (χ4n) is 2.23. The van der Waals surface area contributed by atoms with Gasteiger partial charge in [-0.25, -0.2) is 4.79 Å². The largest absolute Gasteiger partial charge is 0.465 e. The number of piperidine rings is 1. The van der Waals surface area contributed by atoms with Crippen LogP contribution in [0.1, 0.15) is 29.6 Å². The molecule has 0 bridgehead atoms. The standard InChI is InChI=1S/C15H18N2O4/c1-21-15(20)11-5-7-12(8-6-11)16-13(18)14(19)17-9-3-2-4-10-17/h5-8H,2-4,9-10H2,1H3,(H,16,18). The molecular weight excluding hydrogens is 272 g/mol. The number of esters is 1. The number of likely N-dealkylation sites (tertiary alicyclic amines) is 1. The molecular formula is C15H18N2O4. The van der Waals surface area contributed by atoms with E-state index in [-0.39, 0.29) is 0 Å². The summed E-state index contributed by atoms with van der Waals surface area (Å²) in [5, 5.41) is 2.54. The third-order valence-corrected chi connectivity index (χ3v) is 3.40. The molecule has 0 unspecified atom stereocenters. The van der Waals surface area contributed by atoms with Crippen LogP contribution in [0.25, 0.3) is 0 Å². The minimum absolute atomic E-state index is 0.387. The summed E-state index contributed by atoms with van der Waals surface area (Å²) in [7, 11) is 1.30. The summed E-state index contributed by atoms with van der Waals surface area (Å²) in [5.41, 5.74) is 0.857. The van der Waals surface area contributed by atoms with Gasteiger partial charge in [-0.05, 0) is 43.5 Å². The number of nitrogens with one attached hydrogen (secondary N) is 1. The average Bonchev–Trinajstić information content (AvgIpc) is 2.55. The Labute approximate surface area is 123 Å². The van der Waals surface area contributed by atoms with Crippen LogP contribution >= 0.6 is 0 Å². The SMILES string of the molecule is COC(=O)c1ccc(NC(=O)C(=O)N2CCCCC2)cc1. The number of carbonyl (C=O) groups excluding carboxylic acids is 3. The number of amides is 2. The van der Waals surface area contributed by atoms with Gasteiger partial charge in [-0.2, -0.15) is 0 Å². The number of carbonyl (C=O) groups is 3. The number of nitrogens with zero attached hydrogens (tertiary/aromatic N) is 1. The summed E-state index contributed by atoms with van der Waals surface area (Å²) in [5.74, 6) is -1.60. The van der Waals surface area contributed by atoms with Gasteiger partial charge < -0.3 is 15.0 Å². The lowest BCUT2D eigenvalue weighted by Crippen LogP contribution is -2.42. The third kappa shape index (κ3) is 3.81. The summed E-state index contributed by atoms with van der Waals surface area (Å²) < 4.78 is 4.59. The Hall–Kier alpha value is -2.37. The first-order valence-electron chi connectivity index (χ1n) is 6.90. The Bertz CT molecular complexity index is 533. The van der Waals surface area contributed by atoms with Crippen LogP contribution in [0.5, 0.6) is 0 Å². The van der Waals surface area contributed by atoms with Crippen LogP contribution in [0.4, 0.5) is 5.69 Å². The van der Waals surface area contributed by atoms with Gasteiger partial charge in [0.2, 0.25) is 0 Å². The van der Waals surface area contributed by atoms with Crippen molar-refractivity contribution in [2.75, 3.05) is 25.5 Å². The van der Waals surface area contributed by atoms with Crippen LogP contribution in [-0.2, 0) is 14.3 Å². The zero-order valence-electron chi connectivity index (χ0n) is 11.9. The molecule has 0 radical (unpaired) electrons. The van der Waals surface area contributed by atoms with Gasteiger partial charge >= 0.3 is 17.8 Å². The lowest BCUT2D eigenvalue weighted by Gasteiger charge is -2.25. The normalized spacial score (nSPS) is 14.4. The van der Waals surface area contributed by atoms with Crippen molar-refractivity contribution in [1.29, 1.82) is 0 Å².